The van der Waals surface area contributed by atoms with Crippen LogP contribution in [0.4, 0.5) is 5.69 Å². The quantitative estimate of drug-likeness (QED) is 0.392. The zero-order valence-corrected chi connectivity index (χ0v) is 34.8. The van der Waals surface area contributed by atoms with E-state index in [4.69, 9.17) is 18.9 Å². The Labute approximate surface area is 336 Å². The predicted molar refractivity (Wildman–Crippen MR) is 216 cm³/mol. The molecule has 3 aromatic rings. The Morgan fingerprint density at radius 2 is 1.93 bits per heavy atom. The molecule has 2 saturated heterocycles. The molecule has 4 aliphatic heterocycles. The number of benzene rings is 2. The molecule has 1 aromatic heterocycles. The number of carbonyl (C=O) groups is 2. The lowest BCUT2D eigenvalue weighted by molar-refractivity contribution is -0.0725. The van der Waals surface area contributed by atoms with Crippen molar-refractivity contribution in [3.8, 4) is 11.6 Å². The van der Waals surface area contributed by atoms with Crippen LogP contribution in [0.25, 0.3) is 0 Å². The van der Waals surface area contributed by atoms with Gasteiger partial charge in [0.25, 0.3) is 11.8 Å². The Balaban J connectivity index is 1.16. The Bertz CT molecular complexity index is 2200. The highest BCUT2D eigenvalue weighted by atomic mass is 32.2. The molecule has 2 amide bonds. The van der Waals surface area contributed by atoms with E-state index >= 15 is 4.21 Å². The van der Waals surface area contributed by atoms with Crippen LogP contribution < -0.4 is 19.1 Å². The van der Waals surface area contributed by atoms with Gasteiger partial charge in [0.15, 0.2) is 0 Å². The summed E-state index contributed by atoms with van der Waals surface area (Å²) >= 11 is 0. The molecule has 1 saturated carbocycles. The topological polar surface area (TPSA) is 137 Å². The van der Waals surface area contributed by atoms with Crippen molar-refractivity contribution in [2.24, 2.45) is 41.0 Å². The monoisotopic (exact) mass is 800 g/mol. The minimum Gasteiger partial charge on any atom is -0.490 e. The second kappa shape index (κ2) is 14.7. The minimum absolute atomic E-state index is 0.0141. The summed E-state index contributed by atoms with van der Waals surface area (Å²) < 4.78 is 49.0. The van der Waals surface area contributed by atoms with E-state index in [0.717, 1.165) is 63.2 Å². The fourth-order valence-corrected chi connectivity index (χ4v) is 13.3. The number of rotatable bonds is 4. The summed E-state index contributed by atoms with van der Waals surface area (Å²) in [5, 5.41) is 4.21. The fraction of sp³-hybridized carbons (Fsp3) is 0.605. The molecule has 3 fully saturated rings. The zero-order chi connectivity index (χ0) is 39.8. The molecule has 1 spiro atoms. The molecule has 1 unspecified atom stereocenters. The maximum atomic E-state index is 15.2. The van der Waals surface area contributed by atoms with Crippen molar-refractivity contribution >= 4 is 27.4 Å². The molecule has 57 heavy (non-hydrogen) atoms. The van der Waals surface area contributed by atoms with Gasteiger partial charge >= 0.3 is 0 Å². The number of amides is 2. The van der Waals surface area contributed by atoms with Gasteiger partial charge in [0.2, 0.25) is 5.88 Å². The van der Waals surface area contributed by atoms with Crippen LogP contribution >= 0.6 is 0 Å². The van der Waals surface area contributed by atoms with Gasteiger partial charge < -0.3 is 28.7 Å². The number of anilines is 1. The molecule has 2 aromatic carbocycles. The molecule has 5 heterocycles. The number of methoxy groups -OCH3 is 2. The number of carbonyl (C=O) groups excluding carboxylic acids is 2. The smallest absolute Gasteiger partial charge is 0.286 e. The van der Waals surface area contributed by atoms with E-state index in [1.165, 1.54) is 34.7 Å². The molecule has 2 bridgehead atoms. The van der Waals surface area contributed by atoms with Crippen LogP contribution in [0.3, 0.4) is 0 Å². The van der Waals surface area contributed by atoms with E-state index in [1.807, 2.05) is 26.2 Å². The van der Waals surface area contributed by atoms with Gasteiger partial charge in [0.1, 0.15) is 21.2 Å². The van der Waals surface area contributed by atoms with Crippen molar-refractivity contribution in [2.45, 2.75) is 69.6 Å². The summed E-state index contributed by atoms with van der Waals surface area (Å²) in [5.41, 5.74) is 5.01. The maximum absolute atomic E-state index is 15.2. The third kappa shape index (κ3) is 6.73. The first-order chi connectivity index (χ1) is 27.4. The number of ether oxygens (including phenoxy) is 4. The predicted octanol–water partition coefficient (Wildman–Crippen LogP) is 4.80. The average Bonchev–Trinajstić information content (AvgIpc) is 3.85. The second-order valence-electron chi connectivity index (χ2n) is 17.7. The van der Waals surface area contributed by atoms with Crippen LogP contribution in [0.1, 0.15) is 70.0 Å². The summed E-state index contributed by atoms with van der Waals surface area (Å²) in [6.07, 6.45) is 6.56. The van der Waals surface area contributed by atoms with Crippen molar-refractivity contribution < 1.29 is 32.7 Å². The lowest BCUT2D eigenvalue weighted by Gasteiger charge is -2.48. The van der Waals surface area contributed by atoms with E-state index in [-0.39, 0.29) is 64.2 Å². The molecule has 6 aliphatic rings. The number of likely N-dealkylation sites (tertiary alicyclic amines) is 1. The van der Waals surface area contributed by atoms with Gasteiger partial charge in [0, 0.05) is 68.8 Å². The second-order valence-corrected chi connectivity index (χ2v) is 19.7. The number of aryl methyl sites for hydroxylation is 3. The van der Waals surface area contributed by atoms with Crippen molar-refractivity contribution in [3.05, 3.63) is 70.4 Å². The molecule has 14 heteroatoms. The molecule has 306 valence electrons. The lowest BCUT2D eigenvalue weighted by Crippen LogP contribution is -2.52. The largest absolute Gasteiger partial charge is 0.490 e. The van der Waals surface area contributed by atoms with E-state index in [9.17, 15) is 9.59 Å². The molecule has 1 N–H and O–H groups in total. The number of aromatic nitrogens is 2. The summed E-state index contributed by atoms with van der Waals surface area (Å²) in [6, 6.07) is 12.5. The number of nitrogens with zero attached hydrogens (tertiary/aromatic N) is 5. The van der Waals surface area contributed by atoms with Gasteiger partial charge in [0.05, 0.1) is 44.0 Å². The molecule has 10 atom stereocenters. The number of hydrogen-bond donors (Lipinski definition) is 1. The van der Waals surface area contributed by atoms with Crippen molar-refractivity contribution in [3.63, 3.8) is 0 Å². The standard InChI is InChI=1S/C43H56N6O7S/c1-25-9-13-33-27(16-25)8-7-15-43(33)23-49-18-29-10-12-30(29)39(53-5)31-19-47(3)35-21-55-38(37(31)35)26(2)22-57(52,46-41(51)32-20-48(4)44-42(32)54-6)45-40(50)28-11-14-36(56-24-43)34(49)17-28/h9,11,13-14,16-17,20,26,29-31,35,37-39H,7-8,10,12,15,18-19,21-24H2,1-6H3,(H,45,46,50,51,52)/t26-,29+,30-,31+,35+,37+,38-,39-,43+,57?/m1/s1. The van der Waals surface area contributed by atoms with Gasteiger partial charge in [-0.05, 0) is 93.2 Å². The van der Waals surface area contributed by atoms with E-state index in [2.05, 4.69) is 56.2 Å². The van der Waals surface area contributed by atoms with Crippen LogP contribution in [0.15, 0.2) is 47.0 Å². The molecular formula is C43H56N6O7S. The fourth-order valence-electron chi connectivity index (χ4n) is 11.4. The summed E-state index contributed by atoms with van der Waals surface area (Å²) in [5.74, 6) is 0.110. The van der Waals surface area contributed by atoms with E-state index < -0.39 is 21.7 Å². The number of fused-ring (bicyclic) bond motifs is 4. The number of hydrogen-bond acceptors (Lipinski definition) is 10. The zero-order valence-electron chi connectivity index (χ0n) is 33.9. The van der Waals surface area contributed by atoms with E-state index in [0.29, 0.717) is 25.0 Å². The van der Waals surface area contributed by atoms with Gasteiger partial charge in [-0.15, -0.1) is 9.46 Å². The van der Waals surface area contributed by atoms with Crippen LogP contribution in [0.5, 0.6) is 11.6 Å². The third-order valence-electron chi connectivity index (χ3n) is 14.1. The normalized spacial score (nSPS) is 34.9. The van der Waals surface area contributed by atoms with Crippen molar-refractivity contribution in [2.75, 3.05) is 64.8 Å². The highest BCUT2D eigenvalue weighted by Gasteiger charge is 2.56. The average molecular weight is 801 g/mol. The Morgan fingerprint density at radius 1 is 1.09 bits per heavy atom. The molecule has 9 rings (SSSR count). The van der Waals surface area contributed by atoms with Crippen molar-refractivity contribution in [1.29, 1.82) is 0 Å². The highest BCUT2D eigenvalue weighted by Crippen LogP contribution is 2.51. The van der Waals surface area contributed by atoms with Gasteiger partial charge in [-0.25, -0.2) is 4.21 Å². The Hall–Kier alpha value is -3.98. The SMILES string of the molecule is COc1nn(C)cc1C(=O)NS1(=O)=NC(=O)c2ccc3c(c2)N(C[C@@H]2CC[C@H]2[C@@H](OC)[C@H]2CN(C)[C@H]4CO[C@@H]([C@@H]24)[C@H](C)C1)C[C@@]1(CCCc2cc(C)ccc21)CO3. The number of nitrogens with one attached hydrogen (secondary N) is 1. The first kappa shape index (κ1) is 38.5. The highest BCUT2D eigenvalue weighted by molar-refractivity contribution is 7.92. The summed E-state index contributed by atoms with van der Waals surface area (Å²) in [4.78, 5) is 33.1. The first-order valence-corrected chi connectivity index (χ1v) is 22.2. The van der Waals surface area contributed by atoms with Crippen LogP contribution in [0, 0.1) is 36.5 Å². The van der Waals surface area contributed by atoms with Crippen molar-refractivity contribution in [1.82, 2.24) is 19.4 Å². The lowest BCUT2D eigenvalue weighted by atomic mass is 9.64. The minimum atomic E-state index is -3.71. The first-order valence-electron chi connectivity index (χ1n) is 20.5. The van der Waals surface area contributed by atoms with Crippen LogP contribution in [-0.4, -0.2) is 109 Å². The van der Waals surface area contributed by atoms with E-state index in [1.54, 1.807) is 13.1 Å². The molecule has 0 radical (unpaired) electrons. The molecule has 2 aliphatic carbocycles. The van der Waals surface area contributed by atoms with Crippen LogP contribution in [0.2, 0.25) is 0 Å². The summed E-state index contributed by atoms with van der Waals surface area (Å²) in [7, 11) is 3.40. The third-order valence-corrected chi connectivity index (χ3v) is 16.1. The maximum Gasteiger partial charge on any atom is 0.286 e. The van der Waals surface area contributed by atoms with Gasteiger partial charge in [-0.2, -0.15) is 0 Å². The Kier molecular flexibility index (Phi) is 9.93. The molecular weight excluding hydrogens is 745 g/mol. The molecule has 13 nitrogen and oxygen atoms in total. The van der Waals surface area contributed by atoms with Gasteiger partial charge in [-0.3, -0.25) is 19.0 Å². The van der Waals surface area contributed by atoms with Crippen LogP contribution in [-0.2, 0) is 38.3 Å². The summed E-state index contributed by atoms with van der Waals surface area (Å²) in [6.45, 7) is 7.66. The number of likely N-dealkylation sites (N-methyl/N-ethyl adjacent to an activating group) is 1. The van der Waals surface area contributed by atoms with Gasteiger partial charge in [-0.1, -0.05) is 30.7 Å². The Morgan fingerprint density at radius 3 is 2.70 bits per heavy atom.